The topological polar surface area (TPSA) is 47.3 Å². The lowest BCUT2D eigenvalue weighted by Gasteiger charge is -2.28. The van der Waals surface area contributed by atoms with E-state index in [4.69, 9.17) is 4.74 Å². The van der Waals surface area contributed by atoms with Crippen molar-refractivity contribution in [2.45, 2.75) is 26.0 Å². The maximum atomic E-state index is 10.5. The zero-order valence-electron chi connectivity index (χ0n) is 11.0. The van der Waals surface area contributed by atoms with Gasteiger partial charge >= 0.3 is 0 Å². The maximum Gasteiger partial charge on any atom is 0.138 e. The van der Waals surface area contributed by atoms with Crippen molar-refractivity contribution in [2.75, 3.05) is 6.61 Å². The number of aryl methyl sites for hydroxylation is 1. The lowest BCUT2D eigenvalue weighted by Crippen LogP contribution is -2.28. The largest absolute Gasteiger partial charge is 0.493 e. The van der Waals surface area contributed by atoms with Gasteiger partial charge in [0.2, 0.25) is 0 Å². The first-order valence-corrected chi connectivity index (χ1v) is 6.69. The van der Waals surface area contributed by atoms with Gasteiger partial charge in [-0.05, 0) is 25.0 Å². The van der Waals surface area contributed by atoms with Crippen LogP contribution in [0.5, 0.6) is 5.75 Å². The number of hydrogen-bond acceptors (Lipinski definition) is 3. The number of fused-ring (bicyclic) bond motifs is 1. The number of aliphatic hydroxyl groups excluding tert-OH is 1. The van der Waals surface area contributed by atoms with Gasteiger partial charge in [-0.3, -0.25) is 0 Å². The number of hydrogen-bond donors (Lipinski definition) is 1. The van der Waals surface area contributed by atoms with Gasteiger partial charge < -0.3 is 14.4 Å². The van der Waals surface area contributed by atoms with Crippen LogP contribution in [0.1, 0.15) is 24.4 Å². The summed E-state index contributed by atoms with van der Waals surface area (Å²) >= 11 is 0. The molecule has 0 saturated carbocycles. The van der Waals surface area contributed by atoms with Gasteiger partial charge in [0.15, 0.2) is 0 Å². The highest BCUT2D eigenvalue weighted by Crippen LogP contribution is 2.32. The molecule has 100 valence electrons. The number of aliphatic hydroxyl groups is 1. The molecular formula is C15H18N2O2. The number of benzene rings is 1. The molecule has 1 N–H and O–H groups in total. The van der Waals surface area contributed by atoms with Crippen LogP contribution in [0.15, 0.2) is 36.7 Å². The van der Waals surface area contributed by atoms with Crippen molar-refractivity contribution in [3.8, 4) is 5.75 Å². The Bertz CT molecular complexity index is 565. The highest BCUT2D eigenvalue weighted by Gasteiger charge is 2.29. The Balaban J connectivity index is 1.81. The fourth-order valence-electron chi connectivity index (χ4n) is 2.62. The summed E-state index contributed by atoms with van der Waals surface area (Å²) in [6.07, 6.45) is 3.88. The monoisotopic (exact) mass is 258 g/mol. The molecule has 1 aromatic heterocycles. The summed E-state index contributed by atoms with van der Waals surface area (Å²) < 4.78 is 7.71. The number of rotatable bonds is 3. The van der Waals surface area contributed by atoms with Gasteiger partial charge in [0.25, 0.3) is 0 Å². The third kappa shape index (κ3) is 2.24. The van der Waals surface area contributed by atoms with Crippen LogP contribution < -0.4 is 4.74 Å². The van der Waals surface area contributed by atoms with Crippen LogP contribution in [0.4, 0.5) is 0 Å². The summed E-state index contributed by atoms with van der Waals surface area (Å²) in [5.74, 6) is 1.72. The molecule has 0 aliphatic carbocycles. The third-order valence-corrected chi connectivity index (χ3v) is 3.71. The molecular weight excluding hydrogens is 240 g/mol. The molecule has 1 aromatic carbocycles. The smallest absolute Gasteiger partial charge is 0.138 e. The predicted octanol–water partition coefficient (Wildman–Crippen LogP) is 2.19. The summed E-state index contributed by atoms with van der Waals surface area (Å²) in [7, 11) is 0. The summed E-state index contributed by atoms with van der Waals surface area (Å²) in [4.78, 5) is 4.28. The van der Waals surface area contributed by atoms with E-state index in [1.807, 2.05) is 35.9 Å². The molecule has 0 amide bonds. The number of para-hydroxylation sites is 1. The minimum Gasteiger partial charge on any atom is -0.493 e. The fourth-order valence-corrected chi connectivity index (χ4v) is 2.62. The molecule has 1 aliphatic heterocycles. The molecule has 0 saturated heterocycles. The second-order valence-corrected chi connectivity index (χ2v) is 4.90. The number of nitrogens with zero attached hydrogens (tertiary/aromatic N) is 2. The normalized spacial score (nSPS) is 19.6. The first-order chi connectivity index (χ1) is 9.29. The Labute approximate surface area is 112 Å². The van der Waals surface area contributed by atoms with Gasteiger partial charge in [0.05, 0.1) is 6.61 Å². The standard InChI is InChI=1S/C15H18N2O2/c1-2-17-8-7-16-15(17)14(18)12-9-11-5-3-4-6-13(11)19-10-12/h3-8,12,14,18H,2,9-10H2,1H3. The Morgan fingerprint density at radius 1 is 1.47 bits per heavy atom. The van der Waals surface area contributed by atoms with Crippen LogP contribution >= 0.6 is 0 Å². The second kappa shape index (κ2) is 5.05. The number of imidazole rings is 1. The first-order valence-electron chi connectivity index (χ1n) is 6.69. The van der Waals surface area contributed by atoms with Crippen LogP contribution in [0, 0.1) is 5.92 Å². The van der Waals surface area contributed by atoms with E-state index in [1.54, 1.807) is 6.20 Å². The molecule has 1 aliphatic rings. The van der Waals surface area contributed by atoms with Crippen molar-refractivity contribution in [3.05, 3.63) is 48.0 Å². The average molecular weight is 258 g/mol. The molecule has 0 spiro atoms. The molecule has 2 unspecified atom stereocenters. The minimum atomic E-state index is -0.580. The molecule has 4 nitrogen and oxygen atoms in total. The zero-order chi connectivity index (χ0) is 13.2. The van der Waals surface area contributed by atoms with Gasteiger partial charge in [-0.25, -0.2) is 4.98 Å². The van der Waals surface area contributed by atoms with Crippen molar-refractivity contribution < 1.29 is 9.84 Å². The molecule has 0 bridgehead atoms. The van der Waals surface area contributed by atoms with Gasteiger partial charge in [0.1, 0.15) is 17.7 Å². The SMILES string of the molecule is CCn1ccnc1C(O)C1COc2ccccc2C1. The van der Waals surface area contributed by atoms with Crippen molar-refractivity contribution in [3.63, 3.8) is 0 Å². The Hall–Kier alpha value is -1.81. The molecule has 2 atom stereocenters. The molecule has 2 heterocycles. The van der Waals surface area contributed by atoms with Crippen LogP contribution in [0.3, 0.4) is 0 Å². The van der Waals surface area contributed by atoms with Gasteiger partial charge in [-0.15, -0.1) is 0 Å². The van der Waals surface area contributed by atoms with Gasteiger partial charge in [-0.2, -0.15) is 0 Å². The molecule has 0 radical (unpaired) electrons. The summed E-state index contributed by atoms with van der Waals surface area (Å²) in [5, 5.41) is 10.5. The predicted molar refractivity (Wildman–Crippen MR) is 72.0 cm³/mol. The number of aromatic nitrogens is 2. The minimum absolute atomic E-state index is 0.0580. The maximum absolute atomic E-state index is 10.5. The fraction of sp³-hybridized carbons (Fsp3) is 0.400. The van der Waals surface area contributed by atoms with Crippen molar-refractivity contribution in [1.29, 1.82) is 0 Å². The average Bonchev–Trinajstić information content (AvgIpc) is 2.94. The molecule has 2 aromatic rings. The lowest BCUT2D eigenvalue weighted by atomic mass is 9.91. The lowest BCUT2D eigenvalue weighted by molar-refractivity contribution is 0.0556. The Kier molecular flexibility index (Phi) is 3.25. The van der Waals surface area contributed by atoms with E-state index in [1.165, 1.54) is 0 Å². The Morgan fingerprint density at radius 3 is 3.16 bits per heavy atom. The van der Waals surface area contributed by atoms with Crippen LogP contribution in [-0.4, -0.2) is 21.3 Å². The zero-order valence-corrected chi connectivity index (χ0v) is 11.0. The van der Waals surface area contributed by atoms with Crippen LogP contribution in [0.2, 0.25) is 0 Å². The molecule has 3 rings (SSSR count). The summed E-state index contributed by atoms with van der Waals surface area (Å²) in [5.41, 5.74) is 1.16. The second-order valence-electron chi connectivity index (χ2n) is 4.90. The van der Waals surface area contributed by atoms with Gasteiger partial charge in [-0.1, -0.05) is 18.2 Å². The highest BCUT2D eigenvalue weighted by molar-refractivity contribution is 5.35. The molecule has 4 heteroatoms. The van der Waals surface area contributed by atoms with Gasteiger partial charge in [0, 0.05) is 24.9 Å². The highest BCUT2D eigenvalue weighted by atomic mass is 16.5. The van der Waals surface area contributed by atoms with Crippen LogP contribution in [0.25, 0.3) is 0 Å². The molecule has 19 heavy (non-hydrogen) atoms. The quantitative estimate of drug-likeness (QED) is 0.918. The summed E-state index contributed by atoms with van der Waals surface area (Å²) in [6, 6.07) is 8.01. The number of ether oxygens (including phenoxy) is 1. The summed E-state index contributed by atoms with van der Waals surface area (Å²) in [6.45, 7) is 3.40. The van der Waals surface area contributed by atoms with E-state index in [2.05, 4.69) is 11.1 Å². The van der Waals surface area contributed by atoms with E-state index < -0.39 is 6.10 Å². The Morgan fingerprint density at radius 2 is 2.32 bits per heavy atom. The first kappa shape index (κ1) is 12.2. The van der Waals surface area contributed by atoms with E-state index in [-0.39, 0.29) is 5.92 Å². The van der Waals surface area contributed by atoms with E-state index in [9.17, 15) is 5.11 Å². The van der Waals surface area contributed by atoms with E-state index >= 15 is 0 Å². The van der Waals surface area contributed by atoms with Crippen molar-refractivity contribution >= 4 is 0 Å². The van der Waals surface area contributed by atoms with Crippen LogP contribution in [-0.2, 0) is 13.0 Å². The van der Waals surface area contributed by atoms with Crippen molar-refractivity contribution in [2.24, 2.45) is 5.92 Å². The molecule has 0 fully saturated rings. The third-order valence-electron chi connectivity index (χ3n) is 3.71. The van der Waals surface area contributed by atoms with E-state index in [0.29, 0.717) is 6.61 Å². The van der Waals surface area contributed by atoms with E-state index in [0.717, 1.165) is 30.1 Å². The van der Waals surface area contributed by atoms with Crippen molar-refractivity contribution in [1.82, 2.24) is 9.55 Å².